The van der Waals surface area contributed by atoms with Crippen molar-refractivity contribution in [2.24, 2.45) is 0 Å². The first-order chi connectivity index (χ1) is 10.2. The minimum atomic E-state index is 0.0262. The molecule has 6 heteroatoms. The molecule has 1 amide bonds. The van der Waals surface area contributed by atoms with Gasteiger partial charge in [-0.1, -0.05) is 31.9 Å². The minimum absolute atomic E-state index is 0.0262. The Hall–Kier alpha value is -0.590. The van der Waals surface area contributed by atoms with E-state index < -0.39 is 0 Å². The second kappa shape index (κ2) is 8.15. The largest absolute Gasteiger partial charge is 0.496 e. The molecule has 1 aromatic rings. The summed E-state index contributed by atoms with van der Waals surface area (Å²) in [4.78, 5) is 14.5. The molecule has 0 N–H and O–H groups in total. The number of amides is 1. The number of alkyl halides is 1. The maximum Gasteiger partial charge on any atom is 0.257 e. The van der Waals surface area contributed by atoms with Gasteiger partial charge in [-0.15, -0.1) is 0 Å². The van der Waals surface area contributed by atoms with Gasteiger partial charge in [0.05, 0.1) is 25.4 Å². The standard InChI is InChI=1S/C15H19Br2NO3/c1-20-14-10-11(17)2-3-13(14)15(19)18-7-4-12(5-8-18)21-9-6-16/h2-3,10,12H,4-9H2,1H3. The van der Waals surface area contributed by atoms with Gasteiger partial charge in [0.15, 0.2) is 0 Å². The van der Waals surface area contributed by atoms with Gasteiger partial charge in [0.2, 0.25) is 0 Å². The van der Waals surface area contributed by atoms with E-state index in [-0.39, 0.29) is 12.0 Å². The summed E-state index contributed by atoms with van der Waals surface area (Å²) in [5, 5.41) is 0.849. The fourth-order valence-corrected chi connectivity index (χ4v) is 2.98. The molecule has 0 radical (unpaired) electrons. The van der Waals surface area contributed by atoms with E-state index in [1.807, 2.05) is 17.0 Å². The van der Waals surface area contributed by atoms with Gasteiger partial charge in [0.25, 0.3) is 5.91 Å². The number of hydrogen-bond acceptors (Lipinski definition) is 3. The zero-order valence-corrected chi connectivity index (χ0v) is 15.2. The molecule has 116 valence electrons. The van der Waals surface area contributed by atoms with E-state index >= 15 is 0 Å². The van der Waals surface area contributed by atoms with Gasteiger partial charge >= 0.3 is 0 Å². The molecule has 1 heterocycles. The first-order valence-corrected chi connectivity index (χ1v) is 8.87. The van der Waals surface area contributed by atoms with Crippen LogP contribution in [0, 0.1) is 0 Å². The summed E-state index contributed by atoms with van der Waals surface area (Å²) in [5.74, 6) is 0.630. The zero-order valence-electron chi connectivity index (χ0n) is 12.0. The third-order valence-corrected chi connectivity index (χ3v) is 4.37. The van der Waals surface area contributed by atoms with Gasteiger partial charge in [0.1, 0.15) is 5.75 Å². The highest BCUT2D eigenvalue weighted by Crippen LogP contribution is 2.26. The molecule has 1 aliphatic heterocycles. The van der Waals surface area contributed by atoms with Crippen molar-refractivity contribution in [2.75, 3.05) is 32.1 Å². The molecule has 0 aromatic heterocycles. The van der Waals surface area contributed by atoms with Crippen LogP contribution in [0.4, 0.5) is 0 Å². The lowest BCUT2D eigenvalue weighted by molar-refractivity contribution is 0.0159. The Morgan fingerprint density at radius 3 is 2.71 bits per heavy atom. The Morgan fingerprint density at radius 2 is 2.10 bits per heavy atom. The normalized spacial score (nSPS) is 16.0. The molecule has 0 bridgehead atoms. The Morgan fingerprint density at radius 1 is 1.38 bits per heavy atom. The lowest BCUT2D eigenvalue weighted by Gasteiger charge is -2.32. The lowest BCUT2D eigenvalue weighted by atomic mass is 10.1. The third-order valence-electron chi connectivity index (χ3n) is 3.55. The topological polar surface area (TPSA) is 38.8 Å². The van der Waals surface area contributed by atoms with E-state index in [1.54, 1.807) is 13.2 Å². The maximum atomic E-state index is 12.6. The lowest BCUT2D eigenvalue weighted by Crippen LogP contribution is -2.41. The van der Waals surface area contributed by atoms with Gasteiger partial charge in [-0.05, 0) is 31.0 Å². The smallest absolute Gasteiger partial charge is 0.257 e. The van der Waals surface area contributed by atoms with E-state index in [2.05, 4.69) is 31.9 Å². The summed E-state index contributed by atoms with van der Waals surface area (Å²) in [6.07, 6.45) is 2.04. The van der Waals surface area contributed by atoms with Crippen molar-refractivity contribution in [1.29, 1.82) is 0 Å². The van der Waals surface area contributed by atoms with Gasteiger partial charge in [-0.3, -0.25) is 4.79 Å². The van der Waals surface area contributed by atoms with Gasteiger partial charge in [0, 0.05) is 22.9 Å². The van der Waals surface area contributed by atoms with Crippen molar-refractivity contribution in [2.45, 2.75) is 18.9 Å². The van der Waals surface area contributed by atoms with Crippen LogP contribution in [0.15, 0.2) is 22.7 Å². The number of carbonyl (C=O) groups excluding carboxylic acids is 1. The van der Waals surface area contributed by atoms with Crippen LogP contribution in [0.25, 0.3) is 0 Å². The van der Waals surface area contributed by atoms with Crippen molar-refractivity contribution in [3.05, 3.63) is 28.2 Å². The zero-order chi connectivity index (χ0) is 15.2. The average Bonchev–Trinajstić information content (AvgIpc) is 2.52. The van der Waals surface area contributed by atoms with Gasteiger partial charge in [-0.25, -0.2) is 0 Å². The number of rotatable bonds is 5. The van der Waals surface area contributed by atoms with E-state index in [0.29, 0.717) is 11.3 Å². The van der Waals surface area contributed by atoms with Gasteiger partial charge in [-0.2, -0.15) is 0 Å². The van der Waals surface area contributed by atoms with Crippen molar-refractivity contribution >= 4 is 37.8 Å². The minimum Gasteiger partial charge on any atom is -0.496 e. The molecule has 0 unspecified atom stereocenters. The third kappa shape index (κ3) is 4.44. The fraction of sp³-hybridized carbons (Fsp3) is 0.533. The van der Waals surface area contributed by atoms with Crippen LogP contribution in [-0.4, -0.2) is 49.0 Å². The number of piperidine rings is 1. The Labute approximate surface area is 142 Å². The number of ether oxygens (including phenoxy) is 2. The molecule has 1 aromatic carbocycles. The van der Waals surface area contributed by atoms with E-state index in [4.69, 9.17) is 9.47 Å². The van der Waals surface area contributed by atoms with Crippen molar-refractivity contribution in [3.63, 3.8) is 0 Å². The second-order valence-corrected chi connectivity index (χ2v) is 6.60. The van der Waals surface area contributed by atoms with Crippen LogP contribution >= 0.6 is 31.9 Å². The maximum absolute atomic E-state index is 12.6. The van der Waals surface area contributed by atoms with E-state index in [1.165, 1.54) is 0 Å². The number of halogens is 2. The summed E-state index contributed by atoms with van der Waals surface area (Å²) < 4.78 is 11.9. The highest BCUT2D eigenvalue weighted by Gasteiger charge is 2.25. The predicted molar refractivity (Wildman–Crippen MR) is 89.4 cm³/mol. The summed E-state index contributed by atoms with van der Waals surface area (Å²) in [7, 11) is 1.58. The molecule has 1 saturated heterocycles. The SMILES string of the molecule is COc1cc(Br)ccc1C(=O)N1CCC(OCCBr)CC1. The number of hydrogen-bond donors (Lipinski definition) is 0. The van der Waals surface area contributed by atoms with Crippen LogP contribution in [0.3, 0.4) is 0 Å². The number of methoxy groups -OCH3 is 1. The summed E-state index contributed by atoms with van der Waals surface area (Å²) in [6, 6.07) is 5.49. The molecular formula is C15H19Br2NO3. The number of nitrogens with zero attached hydrogens (tertiary/aromatic N) is 1. The molecule has 4 nitrogen and oxygen atoms in total. The predicted octanol–water partition coefficient (Wildman–Crippen LogP) is 3.47. The Kier molecular flexibility index (Phi) is 6.51. The molecule has 1 aliphatic rings. The molecular weight excluding hydrogens is 402 g/mol. The summed E-state index contributed by atoms with van der Waals surface area (Å²) >= 11 is 6.75. The van der Waals surface area contributed by atoms with Gasteiger partial charge < -0.3 is 14.4 Å². The number of benzene rings is 1. The molecule has 0 spiro atoms. The first-order valence-electron chi connectivity index (χ1n) is 6.96. The highest BCUT2D eigenvalue weighted by molar-refractivity contribution is 9.10. The summed E-state index contributed by atoms with van der Waals surface area (Å²) in [6.45, 7) is 2.18. The average molecular weight is 421 g/mol. The van der Waals surface area contributed by atoms with Crippen molar-refractivity contribution in [1.82, 2.24) is 4.90 Å². The summed E-state index contributed by atoms with van der Waals surface area (Å²) in [5.41, 5.74) is 0.612. The Balaban J connectivity index is 1.99. The molecule has 0 aliphatic carbocycles. The van der Waals surface area contributed by atoms with E-state index in [9.17, 15) is 4.79 Å². The Bertz CT molecular complexity index is 488. The van der Waals surface area contributed by atoms with Crippen LogP contribution in [0.5, 0.6) is 5.75 Å². The molecule has 2 rings (SSSR count). The highest BCUT2D eigenvalue weighted by atomic mass is 79.9. The van der Waals surface area contributed by atoms with E-state index in [0.717, 1.165) is 42.3 Å². The first kappa shape index (κ1) is 16.8. The molecule has 1 fully saturated rings. The van der Waals surface area contributed by atoms with Crippen molar-refractivity contribution in [3.8, 4) is 5.75 Å². The van der Waals surface area contributed by atoms with Crippen LogP contribution in [-0.2, 0) is 4.74 Å². The van der Waals surface area contributed by atoms with Crippen molar-refractivity contribution < 1.29 is 14.3 Å². The monoisotopic (exact) mass is 419 g/mol. The molecule has 21 heavy (non-hydrogen) atoms. The number of likely N-dealkylation sites (tertiary alicyclic amines) is 1. The quantitative estimate of drug-likeness (QED) is 0.684. The number of carbonyl (C=O) groups is 1. The molecule has 0 atom stereocenters. The van der Waals surface area contributed by atoms with Crippen LogP contribution in [0.2, 0.25) is 0 Å². The van der Waals surface area contributed by atoms with Crippen LogP contribution in [0.1, 0.15) is 23.2 Å². The van der Waals surface area contributed by atoms with Crippen LogP contribution < -0.4 is 4.74 Å². The fourth-order valence-electron chi connectivity index (χ4n) is 2.45. The molecule has 0 saturated carbocycles. The second-order valence-electron chi connectivity index (χ2n) is 4.90.